The maximum Gasteiger partial charge on any atom is 0.241 e. The minimum absolute atomic E-state index is 0.181. The molecule has 0 amide bonds. The first-order chi connectivity index (χ1) is 6.64. The first-order valence-electron chi connectivity index (χ1n) is 5.50. The summed E-state index contributed by atoms with van der Waals surface area (Å²) >= 11 is 0. The molecule has 0 unspecified atom stereocenters. The summed E-state index contributed by atoms with van der Waals surface area (Å²) in [7, 11) is 0. The summed E-state index contributed by atoms with van der Waals surface area (Å²) in [5.41, 5.74) is -0.986. The molecular formula is C10H17NO3. The van der Waals surface area contributed by atoms with Gasteiger partial charge in [-0.2, -0.15) is 0 Å². The molecule has 0 aliphatic heterocycles. The fraction of sp³-hybridized carbons (Fsp3) is 1.00. The van der Waals surface area contributed by atoms with Crippen molar-refractivity contribution >= 4 is 0 Å². The van der Waals surface area contributed by atoms with E-state index in [4.69, 9.17) is 0 Å². The number of fused-ring (bicyclic) bond motifs is 1. The molecule has 2 aliphatic rings. The van der Waals surface area contributed by atoms with Crippen molar-refractivity contribution in [2.45, 2.75) is 56.6 Å². The van der Waals surface area contributed by atoms with E-state index >= 15 is 0 Å². The summed E-state index contributed by atoms with van der Waals surface area (Å²) in [5.74, 6) is 0.181. The molecule has 0 heterocycles. The van der Waals surface area contributed by atoms with E-state index in [0.29, 0.717) is 12.8 Å². The van der Waals surface area contributed by atoms with Crippen molar-refractivity contribution in [1.29, 1.82) is 0 Å². The van der Waals surface area contributed by atoms with Crippen LogP contribution in [0.5, 0.6) is 0 Å². The average molecular weight is 199 g/mol. The van der Waals surface area contributed by atoms with E-state index in [-0.39, 0.29) is 10.8 Å². The maximum absolute atomic E-state index is 10.9. The van der Waals surface area contributed by atoms with Crippen LogP contribution >= 0.6 is 0 Å². The van der Waals surface area contributed by atoms with E-state index in [1.54, 1.807) is 0 Å². The Bertz CT molecular complexity index is 242. The van der Waals surface area contributed by atoms with Crippen LogP contribution in [0.15, 0.2) is 0 Å². The molecule has 0 aromatic rings. The van der Waals surface area contributed by atoms with Crippen molar-refractivity contribution in [3.8, 4) is 0 Å². The van der Waals surface area contributed by atoms with Crippen LogP contribution in [0.25, 0.3) is 0 Å². The van der Waals surface area contributed by atoms with Gasteiger partial charge < -0.3 is 5.11 Å². The molecule has 2 fully saturated rings. The summed E-state index contributed by atoms with van der Waals surface area (Å²) in [6.45, 7) is 0. The van der Waals surface area contributed by atoms with Gasteiger partial charge in [-0.25, -0.2) is 0 Å². The lowest BCUT2D eigenvalue weighted by Gasteiger charge is -2.44. The Morgan fingerprint density at radius 2 is 1.93 bits per heavy atom. The van der Waals surface area contributed by atoms with Gasteiger partial charge in [-0.15, -0.1) is 0 Å². The Morgan fingerprint density at radius 1 is 1.21 bits per heavy atom. The van der Waals surface area contributed by atoms with Crippen LogP contribution in [0, 0.1) is 16.0 Å². The molecule has 2 rings (SSSR count). The average Bonchev–Trinajstić information content (AvgIpc) is 2.15. The number of hydrogen-bond acceptors (Lipinski definition) is 3. The third-order valence-electron chi connectivity index (χ3n) is 3.95. The Balaban J connectivity index is 2.21. The minimum Gasteiger partial charge on any atom is -0.382 e. The molecule has 0 aromatic heterocycles. The highest BCUT2D eigenvalue weighted by atomic mass is 16.6. The van der Waals surface area contributed by atoms with Crippen LogP contribution < -0.4 is 0 Å². The lowest BCUT2D eigenvalue weighted by molar-refractivity contribution is -0.554. The first-order valence-corrected chi connectivity index (χ1v) is 5.50. The van der Waals surface area contributed by atoms with E-state index in [2.05, 4.69) is 0 Å². The van der Waals surface area contributed by atoms with E-state index in [1.807, 2.05) is 0 Å². The standard InChI is InChI=1S/C10H17NO3/c12-10-7-2-1-4-8(10)5-3-6-9(10)11(13)14/h8-9,12H,1-7H2/t8-,9+,10+/m0/s1. The first kappa shape index (κ1) is 9.90. The van der Waals surface area contributed by atoms with Crippen molar-refractivity contribution in [2.75, 3.05) is 0 Å². The summed E-state index contributed by atoms with van der Waals surface area (Å²) in [5, 5.41) is 21.2. The highest BCUT2D eigenvalue weighted by Gasteiger charge is 2.53. The molecule has 80 valence electrons. The third-order valence-corrected chi connectivity index (χ3v) is 3.95. The molecule has 0 saturated heterocycles. The van der Waals surface area contributed by atoms with Gasteiger partial charge in [0.15, 0.2) is 0 Å². The summed E-state index contributed by atoms with van der Waals surface area (Å²) in [6.07, 6.45) is 6.10. The molecule has 2 aliphatic carbocycles. The van der Waals surface area contributed by atoms with Gasteiger partial charge in [-0.3, -0.25) is 10.1 Å². The third kappa shape index (κ3) is 1.41. The van der Waals surface area contributed by atoms with Crippen LogP contribution in [0.2, 0.25) is 0 Å². The minimum atomic E-state index is -0.986. The van der Waals surface area contributed by atoms with Crippen LogP contribution in [0.4, 0.5) is 0 Å². The smallest absolute Gasteiger partial charge is 0.241 e. The number of hydrogen-bond donors (Lipinski definition) is 1. The van der Waals surface area contributed by atoms with E-state index in [9.17, 15) is 15.2 Å². The SMILES string of the molecule is O=[N+]([O-])[C@@H]1CCC[C@@H]2CCCC[C@@]21O. The van der Waals surface area contributed by atoms with Crippen LogP contribution in [0.3, 0.4) is 0 Å². The molecule has 0 bridgehead atoms. The Hall–Kier alpha value is -0.640. The van der Waals surface area contributed by atoms with Crippen LogP contribution in [-0.4, -0.2) is 21.7 Å². The Morgan fingerprint density at radius 3 is 2.64 bits per heavy atom. The molecule has 0 spiro atoms. The Labute approximate surface area is 83.5 Å². The topological polar surface area (TPSA) is 63.4 Å². The molecule has 1 N–H and O–H groups in total. The van der Waals surface area contributed by atoms with Gasteiger partial charge in [-0.1, -0.05) is 12.8 Å². The molecule has 0 radical (unpaired) electrons. The molecule has 14 heavy (non-hydrogen) atoms. The molecule has 3 atom stereocenters. The predicted molar refractivity (Wildman–Crippen MR) is 51.5 cm³/mol. The predicted octanol–water partition coefficient (Wildman–Crippen LogP) is 1.74. The Kier molecular flexibility index (Phi) is 2.47. The van der Waals surface area contributed by atoms with E-state index < -0.39 is 11.6 Å². The zero-order valence-electron chi connectivity index (χ0n) is 8.32. The molecule has 0 aromatic carbocycles. The van der Waals surface area contributed by atoms with Gasteiger partial charge in [0.1, 0.15) is 5.60 Å². The molecule has 4 heteroatoms. The summed E-state index contributed by atoms with van der Waals surface area (Å²) in [6, 6.07) is -0.707. The number of nitro groups is 1. The normalized spacial score (nSPS) is 42.9. The molecule has 2 saturated carbocycles. The quantitative estimate of drug-likeness (QED) is 0.516. The lowest BCUT2D eigenvalue weighted by atomic mass is 9.65. The second-order valence-corrected chi connectivity index (χ2v) is 4.67. The van der Waals surface area contributed by atoms with Crippen molar-refractivity contribution in [1.82, 2.24) is 0 Å². The second kappa shape index (κ2) is 3.50. The van der Waals surface area contributed by atoms with Gasteiger partial charge in [0.2, 0.25) is 6.04 Å². The summed E-state index contributed by atoms with van der Waals surface area (Å²) < 4.78 is 0. The molecular weight excluding hydrogens is 182 g/mol. The lowest BCUT2D eigenvalue weighted by Crippen LogP contribution is -2.56. The zero-order chi connectivity index (χ0) is 10.2. The second-order valence-electron chi connectivity index (χ2n) is 4.67. The number of rotatable bonds is 1. The van der Waals surface area contributed by atoms with Crippen molar-refractivity contribution < 1.29 is 10.0 Å². The fourth-order valence-corrected chi connectivity index (χ4v) is 3.18. The van der Waals surface area contributed by atoms with Crippen molar-refractivity contribution in [3.63, 3.8) is 0 Å². The monoisotopic (exact) mass is 199 g/mol. The van der Waals surface area contributed by atoms with Crippen LogP contribution in [-0.2, 0) is 0 Å². The highest BCUT2D eigenvalue weighted by molar-refractivity contribution is 4.98. The van der Waals surface area contributed by atoms with Gasteiger partial charge in [0.25, 0.3) is 0 Å². The maximum atomic E-state index is 10.9. The largest absolute Gasteiger partial charge is 0.382 e. The number of nitrogens with zero attached hydrogens (tertiary/aromatic N) is 1. The molecule has 4 nitrogen and oxygen atoms in total. The van der Waals surface area contributed by atoms with Gasteiger partial charge >= 0.3 is 0 Å². The highest BCUT2D eigenvalue weighted by Crippen LogP contribution is 2.44. The zero-order valence-corrected chi connectivity index (χ0v) is 8.32. The van der Waals surface area contributed by atoms with Crippen molar-refractivity contribution in [2.24, 2.45) is 5.92 Å². The van der Waals surface area contributed by atoms with Gasteiger partial charge in [-0.05, 0) is 31.6 Å². The van der Waals surface area contributed by atoms with E-state index in [1.165, 1.54) is 0 Å². The van der Waals surface area contributed by atoms with Gasteiger partial charge in [0.05, 0.1) is 0 Å². The van der Waals surface area contributed by atoms with Gasteiger partial charge in [0, 0.05) is 11.3 Å². The van der Waals surface area contributed by atoms with E-state index in [0.717, 1.165) is 32.1 Å². The number of aliphatic hydroxyl groups is 1. The summed E-state index contributed by atoms with van der Waals surface area (Å²) in [4.78, 5) is 10.6. The van der Waals surface area contributed by atoms with Crippen LogP contribution in [0.1, 0.15) is 44.9 Å². The fourth-order valence-electron chi connectivity index (χ4n) is 3.18. The van der Waals surface area contributed by atoms with Crippen molar-refractivity contribution in [3.05, 3.63) is 10.1 Å².